The van der Waals surface area contributed by atoms with Gasteiger partial charge in [0.15, 0.2) is 5.82 Å². The maximum atomic E-state index is 9.77. The number of aliphatic hydroxyl groups is 1. The molecule has 0 fully saturated rings. The van der Waals surface area contributed by atoms with Crippen LogP contribution in [0.4, 0.5) is 5.82 Å². The number of nitrogens with two attached hydrogens (primary N) is 1. The van der Waals surface area contributed by atoms with Crippen LogP contribution in [-0.4, -0.2) is 26.4 Å². The summed E-state index contributed by atoms with van der Waals surface area (Å²) in [5, 5.41) is 10.4. The zero-order valence-corrected chi connectivity index (χ0v) is 9.21. The van der Waals surface area contributed by atoms with Gasteiger partial charge in [0.2, 0.25) is 0 Å². The number of hydrogen-bond acceptors (Lipinski definition) is 5. The van der Waals surface area contributed by atoms with E-state index < -0.39 is 5.60 Å². The first-order valence-corrected chi connectivity index (χ1v) is 5.45. The third kappa shape index (κ3) is 3.16. The van der Waals surface area contributed by atoms with Crippen molar-refractivity contribution in [2.24, 2.45) is 0 Å². The van der Waals surface area contributed by atoms with Crippen molar-refractivity contribution in [3.8, 4) is 0 Å². The van der Waals surface area contributed by atoms with Crippen LogP contribution in [0.5, 0.6) is 0 Å². The second-order valence-electron chi connectivity index (χ2n) is 3.39. The molecule has 1 atom stereocenters. The number of nitrogen functional groups attached to an aromatic ring is 1. The molecule has 0 saturated heterocycles. The molecule has 0 amide bonds. The fourth-order valence-electron chi connectivity index (χ4n) is 0.773. The van der Waals surface area contributed by atoms with Gasteiger partial charge in [0.05, 0.1) is 5.60 Å². The lowest BCUT2D eigenvalue weighted by Gasteiger charge is -2.20. The quantitative estimate of drug-likeness (QED) is 0.738. The number of aromatic nitrogens is 2. The van der Waals surface area contributed by atoms with Crippen LogP contribution in [0.3, 0.4) is 0 Å². The Morgan fingerprint density at radius 1 is 1.50 bits per heavy atom. The van der Waals surface area contributed by atoms with Gasteiger partial charge in [-0.3, -0.25) is 0 Å². The molecule has 0 radical (unpaired) electrons. The Morgan fingerprint density at radius 2 is 2.14 bits per heavy atom. The van der Waals surface area contributed by atoms with Gasteiger partial charge in [-0.2, -0.15) is 0 Å². The molecule has 1 unspecified atom stereocenters. The van der Waals surface area contributed by atoms with Gasteiger partial charge in [-0.05, 0) is 13.3 Å². The van der Waals surface area contributed by atoms with Crippen molar-refractivity contribution >= 4 is 17.6 Å². The third-order valence-corrected chi connectivity index (χ3v) is 3.33. The van der Waals surface area contributed by atoms with Crippen LogP contribution in [0, 0.1) is 0 Å². The van der Waals surface area contributed by atoms with Crippen molar-refractivity contribution in [1.82, 2.24) is 9.97 Å². The van der Waals surface area contributed by atoms with E-state index in [0.29, 0.717) is 23.0 Å². The van der Waals surface area contributed by atoms with E-state index in [0.717, 1.165) is 0 Å². The summed E-state index contributed by atoms with van der Waals surface area (Å²) in [7, 11) is 0. The number of nitrogens with zero attached hydrogens (tertiary/aromatic N) is 2. The van der Waals surface area contributed by atoms with Crippen LogP contribution >= 0.6 is 11.8 Å². The lowest BCUT2D eigenvalue weighted by molar-refractivity contribution is 0.0816. The Morgan fingerprint density at radius 3 is 2.71 bits per heavy atom. The van der Waals surface area contributed by atoms with E-state index in [4.69, 9.17) is 5.73 Å². The van der Waals surface area contributed by atoms with Crippen molar-refractivity contribution in [1.29, 1.82) is 0 Å². The van der Waals surface area contributed by atoms with Gasteiger partial charge in [-0.1, -0.05) is 18.7 Å². The molecule has 14 heavy (non-hydrogen) atoms. The van der Waals surface area contributed by atoms with Crippen LogP contribution < -0.4 is 5.73 Å². The lowest BCUT2D eigenvalue weighted by Crippen LogP contribution is -2.25. The monoisotopic (exact) mass is 213 g/mol. The first-order valence-electron chi connectivity index (χ1n) is 4.47. The second kappa shape index (κ2) is 4.61. The average molecular weight is 213 g/mol. The van der Waals surface area contributed by atoms with E-state index in [9.17, 15) is 5.11 Å². The Kier molecular flexibility index (Phi) is 3.71. The normalized spacial score (nSPS) is 15.1. The standard InChI is InChI=1S/C9H15N3OS/c1-3-9(2,13)6-14-8-7(10)11-4-5-12-8/h4-5,13H,3,6H2,1-2H3,(H2,10,11). The summed E-state index contributed by atoms with van der Waals surface area (Å²) in [5.74, 6) is 0.997. The van der Waals surface area contributed by atoms with Crippen LogP contribution in [-0.2, 0) is 0 Å². The molecule has 0 spiro atoms. The maximum Gasteiger partial charge on any atom is 0.156 e. The van der Waals surface area contributed by atoms with Crippen LogP contribution in [0.25, 0.3) is 0 Å². The van der Waals surface area contributed by atoms with Crippen molar-refractivity contribution in [3.63, 3.8) is 0 Å². The van der Waals surface area contributed by atoms with E-state index in [2.05, 4.69) is 9.97 Å². The van der Waals surface area contributed by atoms with Crippen molar-refractivity contribution in [3.05, 3.63) is 12.4 Å². The zero-order valence-electron chi connectivity index (χ0n) is 8.40. The van der Waals surface area contributed by atoms with Gasteiger partial charge in [0, 0.05) is 18.1 Å². The van der Waals surface area contributed by atoms with Crippen molar-refractivity contribution in [2.75, 3.05) is 11.5 Å². The molecule has 1 rings (SSSR count). The first kappa shape index (κ1) is 11.3. The largest absolute Gasteiger partial charge is 0.389 e. The molecule has 0 saturated carbocycles. The highest BCUT2D eigenvalue weighted by Crippen LogP contribution is 2.25. The molecule has 0 aliphatic heterocycles. The summed E-state index contributed by atoms with van der Waals surface area (Å²) >= 11 is 1.43. The van der Waals surface area contributed by atoms with Crippen molar-refractivity contribution in [2.45, 2.75) is 30.9 Å². The van der Waals surface area contributed by atoms with Gasteiger partial charge >= 0.3 is 0 Å². The average Bonchev–Trinajstić information content (AvgIpc) is 2.17. The highest BCUT2D eigenvalue weighted by Gasteiger charge is 2.18. The molecule has 1 heterocycles. The number of anilines is 1. The summed E-state index contributed by atoms with van der Waals surface area (Å²) in [6.45, 7) is 3.74. The number of thioether (sulfide) groups is 1. The molecule has 78 valence electrons. The minimum Gasteiger partial charge on any atom is -0.389 e. The van der Waals surface area contributed by atoms with E-state index in [-0.39, 0.29) is 0 Å². The third-order valence-electron chi connectivity index (χ3n) is 1.97. The van der Waals surface area contributed by atoms with Crippen LogP contribution in [0.2, 0.25) is 0 Å². The minimum atomic E-state index is -0.672. The Labute approximate surface area is 88.0 Å². The molecule has 0 bridgehead atoms. The lowest BCUT2D eigenvalue weighted by atomic mass is 10.1. The molecule has 1 aromatic heterocycles. The van der Waals surface area contributed by atoms with Crippen LogP contribution in [0.1, 0.15) is 20.3 Å². The fourth-order valence-corrected chi connectivity index (χ4v) is 1.76. The molecule has 4 nitrogen and oxygen atoms in total. The van der Waals surface area contributed by atoms with E-state index >= 15 is 0 Å². The summed E-state index contributed by atoms with van der Waals surface area (Å²) in [5.41, 5.74) is 4.94. The highest BCUT2D eigenvalue weighted by molar-refractivity contribution is 7.99. The Bertz CT molecular complexity index is 304. The predicted octanol–water partition coefficient (Wildman–Crippen LogP) is 1.31. The smallest absolute Gasteiger partial charge is 0.156 e. The first-order chi connectivity index (χ1) is 6.55. The topological polar surface area (TPSA) is 72.0 Å². The van der Waals surface area contributed by atoms with E-state index in [1.54, 1.807) is 19.3 Å². The summed E-state index contributed by atoms with van der Waals surface area (Å²) < 4.78 is 0. The van der Waals surface area contributed by atoms with Crippen LogP contribution in [0.15, 0.2) is 17.4 Å². The molecule has 1 aromatic rings. The summed E-state index contributed by atoms with van der Waals surface area (Å²) in [6, 6.07) is 0. The van der Waals surface area contributed by atoms with Gasteiger partial charge in [-0.15, -0.1) is 0 Å². The molecule has 5 heteroatoms. The maximum absolute atomic E-state index is 9.77. The van der Waals surface area contributed by atoms with Gasteiger partial charge in [0.25, 0.3) is 0 Å². The Balaban J connectivity index is 2.58. The van der Waals surface area contributed by atoms with Gasteiger partial charge in [-0.25, -0.2) is 9.97 Å². The van der Waals surface area contributed by atoms with Crippen molar-refractivity contribution < 1.29 is 5.11 Å². The predicted molar refractivity (Wildman–Crippen MR) is 58.1 cm³/mol. The van der Waals surface area contributed by atoms with E-state index in [1.165, 1.54) is 11.8 Å². The zero-order chi connectivity index (χ0) is 10.6. The molecule has 0 aromatic carbocycles. The summed E-state index contributed by atoms with van der Waals surface area (Å²) in [4.78, 5) is 8.00. The fraction of sp³-hybridized carbons (Fsp3) is 0.556. The SMILES string of the molecule is CCC(C)(O)CSc1nccnc1N. The minimum absolute atomic E-state index is 0.421. The summed E-state index contributed by atoms with van der Waals surface area (Å²) in [6.07, 6.45) is 3.86. The molecule has 0 aliphatic rings. The number of rotatable bonds is 4. The van der Waals surface area contributed by atoms with E-state index in [1.807, 2.05) is 6.92 Å². The van der Waals surface area contributed by atoms with Gasteiger partial charge < -0.3 is 10.8 Å². The molecule has 3 N–H and O–H groups in total. The molecular formula is C9H15N3OS. The van der Waals surface area contributed by atoms with Gasteiger partial charge in [0.1, 0.15) is 5.03 Å². The molecule has 0 aliphatic carbocycles. The molecular weight excluding hydrogens is 198 g/mol. The Hall–Kier alpha value is -0.810. The highest BCUT2D eigenvalue weighted by atomic mass is 32.2. The number of hydrogen-bond donors (Lipinski definition) is 2. The second-order valence-corrected chi connectivity index (χ2v) is 4.35.